The molecule has 17 heavy (non-hydrogen) atoms. The van der Waals surface area contributed by atoms with Gasteiger partial charge in [0.05, 0.1) is 13.5 Å². The van der Waals surface area contributed by atoms with Crippen molar-refractivity contribution >= 4 is 17.7 Å². The lowest BCUT2D eigenvalue weighted by Gasteiger charge is -2.11. The molecule has 0 heterocycles. The summed E-state index contributed by atoms with van der Waals surface area (Å²) >= 11 is 1.68. The molecule has 1 atom stereocenters. The lowest BCUT2D eigenvalue weighted by molar-refractivity contribution is -0.140. The highest BCUT2D eigenvalue weighted by Crippen LogP contribution is 2.17. The highest BCUT2D eigenvalue weighted by atomic mass is 32.2. The maximum Gasteiger partial charge on any atom is 0.306 e. The Morgan fingerprint density at radius 3 is 2.65 bits per heavy atom. The van der Waals surface area contributed by atoms with Crippen LogP contribution in [0, 0.1) is 6.92 Å². The lowest BCUT2D eigenvalue weighted by Crippen LogP contribution is -2.13. The minimum absolute atomic E-state index is 0.0262. The molecule has 0 fully saturated rings. The smallest absolute Gasteiger partial charge is 0.306 e. The number of benzene rings is 1. The molecule has 1 aromatic rings. The third kappa shape index (κ3) is 5.24. The number of aryl methyl sites for hydroxylation is 1. The van der Waals surface area contributed by atoms with Crippen LogP contribution in [0.5, 0.6) is 0 Å². The van der Waals surface area contributed by atoms with Crippen molar-refractivity contribution in [2.45, 2.75) is 19.4 Å². The molecular weight excluding hydrogens is 234 g/mol. The van der Waals surface area contributed by atoms with E-state index in [1.807, 2.05) is 0 Å². The van der Waals surface area contributed by atoms with Crippen molar-refractivity contribution < 1.29 is 9.53 Å². The van der Waals surface area contributed by atoms with Crippen LogP contribution in [0.2, 0.25) is 0 Å². The van der Waals surface area contributed by atoms with Crippen molar-refractivity contribution in [2.75, 3.05) is 18.6 Å². The van der Waals surface area contributed by atoms with Crippen molar-refractivity contribution in [3.05, 3.63) is 35.4 Å². The van der Waals surface area contributed by atoms with Gasteiger partial charge in [-0.15, -0.1) is 0 Å². The first-order valence-corrected chi connectivity index (χ1v) is 6.75. The summed E-state index contributed by atoms with van der Waals surface area (Å²) in [5.74, 6) is 1.41. The molecule has 0 aliphatic carbocycles. The minimum atomic E-state index is -0.165. The second-order valence-electron chi connectivity index (χ2n) is 3.92. The van der Waals surface area contributed by atoms with Crippen LogP contribution in [0.3, 0.4) is 0 Å². The summed E-state index contributed by atoms with van der Waals surface area (Å²) in [6.07, 6.45) is 0.446. The second-order valence-corrected chi connectivity index (χ2v) is 5.07. The predicted molar refractivity (Wildman–Crippen MR) is 72.1 cm³/mol. The highest BCUT2D eigenvalue weighted by molar-refractivity contribution is 7.99. The van der Waals surface area contributed by atoms with Crippen LogP contribution in [-0.4, -0.2) is 24.6 Å². The number of rotatable bonds is 6. The molecule has 4 heteroatoms. The summed E-state index contributed by atoms with van der Waals surface area (Å²) in [6.45, 7) is 2.06. The number of ether oxygens (including phenoxy) is 1. The normalized spacial score (nSPS) is 12.2. The summed E-state index contributed by atoms with van der Waals surface area (Å²) in [5, 5.41) is 0. The van der Waals surface area contributed by atoms with Crippen molar-refractivity contribution in [3.8, 4) is 0 Å². The number of thioether (sulfide) groups is 1. The van der Waals surface area contributed by atoms with Gasteiger partial charge in [0.15, 0.2) is 0 Å². The van der Waals surface area contributed by atoms with E-state index in [2.05, 4.69) is 35.9 Å². The van der Waals surface area contributed by atoms with Gasteiger partial charge in [0, 0.05) is 17.5 Å². The van der Waals surface area contributed by atoms with Crippen LogP contribution in [0.25, 0.3) is 0 Å². The molecular formula is C13H19NO2S. The fourth-order valence-electron chi connectivity index (χ4n) is 1.38. The molecule has 3 nitrogen and oxygen atoms in total. The first-order valence-electron chi connectivity index (χ1n) is 5.60. The molecule has 0 bridgehead atoms. The van der Waals surface area contributed by atoms with Gasteiger partial charge in [-0.25, -0.2) is 0 Å². The average molecular weight is 253 g/mol. The van der Waals surface area contributed by atoms with Crippen molar-refractivity contribution in [3.63, 3.8) is 0 Å². The van der Waals surface area contributed by atoms with E-state index in [0.717, 1.165) is 17.1 Å². The van der Waals surface area contributed by atoms with Gasteiger partial charge in [-0.2, -0.15) is 11.8 Å². The first kappa shape index (κ1) is 14.1. The summed E-state index contributed by atoms with van der Waals surface area (Å²) in [4.78, 5) is 10.9. The molecule has 2 N–H and O–H groups in total. The van der Waals surface area contributed by atoms with E-state index < -0.39 is 0 Å². The largest absolute Gasteiger partial charge is 0.469 e. The summed E-state index contributed by atoms with van der Waals surface area (Å²) in [7, 11) is 1.41. The highest BCUT2D eigenvalue weighted by Gasteiger charge is 2.06. The molecule has 1 rings (SSSR count). The number of methoxy groups -OCH3 is 1. The van der Waals surface area contributed by atoms with Crippen LogP contribution >= 0.6 is 11.8 Å². The molecule has 0 spiro atoms. The zero-order valence-electron chi connectivity index (χ0n) is 10.3. The number of carbonyl (C=O) groups is 1. The van der Waals surface area contributed by atoms with Gasteiger partial charge >= 0.3 is 5.97 Å². The van der Waals surface area contributed by atoms with E-state index in [9.17, 15) is 4.79 Å². The Morgan fingerprint density at radius 1 is 1.41 bits per heavy atom. The summed E-state index contributed by atoms with van der Waals surface area (Å²) in [5.41, 5.74) is 8.43. The maximum atomic E-state index is 10.9. The van der Waals surface area contributed by atoms with Crippen molar-refractivity contribution in [1.29, 1.82) is 0 Å². The molecule has 94 valence electrons. The van der Waals surface area contributed by atoms with Crippen LogP contribution in [-0.2, 0) is 9.53 Å². The molecule has 0 amide bonds. The molecule has 0 saturated heterocycles. The quantitative estimate of drug-likeness (QED) is 0.624. The van der Waals surface area contributed by atoms with Gasteiger partial charge in [-0.1, -0.05) is 29.8 Å². The monoisotopic (exact) mass is 253 g/mol. The van der Waals surface area contributed by atoms with Gasteiger partial charge in [0.1, 0.15) is 0 Å². The summed E-state index contributed by atoms with van der Waals surface area (Å²) in [6, 6.07) is 8.27. The fraction of sp³-hybridized carbons (Fsp3) is 0.462. The average Bonchev–Trinajstić information content (AvgIpc) is 2.34. The second kappa shape index (κ2) is 7.35. The Labute approximate surface area is 107 Å². The van der Waals surface area contributed by atoms with E-state index in [1.165, 1.54) is 12.7 Å². The zero-order valence-corrected chi connectivity index (χ0v) is 11.1. The standard InChI is InChI=1S/C13H19NO2S/c1-10-3-5-11(6-4-10)12(14)9-17-8-7-13(15)16-2/h3-6,12H,7-9,14H2,1-2H3. The Hall–Kier alpha value is -1.00. The van der Waals surface area contributed by atoms with Crippen molar-refractivity contribution in [1.82, 2.24) is 0 Å². The third-order valence-corrected chi connectivity index (χ3v) is 3.57. The molecule has 0 radical (unpaired) electrons. The van der Waals surface area contributed by atoms with E-state index in [4.69, 9.17) is 5.73 Å². The number of esters is 1. The summed E-state index contributed by atoms with van der Waals surface area (Å²) < 4.78 is 4.57. The van der Waals surface area contributed by atoms with Crippen LogP contribution in [0.1, 0.15) is 23.6 Å². The van der Waals surface area contributed by atoms with Gasteiger partial charge in [-0.3, -0.25) is 4.79 Å². The van der Waals surface area contributed by atoms with Gasteiger partial charge < -0.3 is 10.5 Å². The van der Waals surface area contributed by atoms with Gasteiger partial charge in [0.25, 0.3) is 0 Å². The van der Waals surface area contributed by atoms with E-state index in [1.54, 1.807) is 11.8 Å². The molecule has 0 aliphatic rings. The van der Waals surface area contributed by atoms with E-state index in [0.29, 0.717) is 6.42 Å². The molecule has 0 aromatic heterocycles. The van der Waals surface area contributed by atoms with Crippen LogP contribution in [0.15, 0.2) is 24.3 Å². The maximum absolute atomic E-state index is 10.9. The number of hydrogen-bond acceptors (Lipinski definition) is 4. The minimum Gasteiger partial charge on any atom is -0.469 e. The van der Waals surface area contributed by atoms with E-state index >= 15 is 0 Å². The number of hydrogen-bond donors (Lipinski definition) is 1. The number of carbonyl (C=O) groups excluding carboxylic acids is 1. The Balaban J connectivity index is 2.27. The number of nitrogens with two attached hydrogens (primary N) is 1. The topological polar surface area (TPSA) is 52.3 Å². The SMILES string of the molecule is COC(=O)CCSCC(N)c1ccc(C)cc1. The molecule has 0 aliphatic heterocycles. The molecule has 1 unspecified atom stereocenters. The molecule has 1 aromatic carbocycles. The lowest BCUT2D eigenvalue weighted by atomic mass is 10.1. The molecule has 0 saturated carbocycles. The Kier molecular flexibility index (Phi) is 6.08. The van der Waals surface area contributed by atoms with Crippen LogP contribution < -0.4 is 5.73 Å². The first-order chi connectivity index (χ1) is 8.13. The predicted octanol–water partition coefficient (Wildman–Crippen LogP) is 2.29. The Bertz CT molecular complexity index is 351. The third-order valence-electron chi connectivity index (χ3n) is 2.48. The van der Waals surface area contributed by atoms with Crippen molar-refractivity contribution in [2.24, 2.45) is 5.73 Å². The van der Waals surface area contributed by atoms with Gasteiger partial charge in [0.2, 0.25) is 0 Å². The van der Waals surface area contributed by atoms with Gasteiger partial charge in [-0.05, 0) is 12.5 Å². The Morgan fingerprint density at radius 2 is 2.06 bits per heavy atom. The zero-order chi connectivity index (χ0) is 12.7. The van der Waals surface area contributed by atoms with E-state index in [-0.39, 0.29) is 12.0 Å². The fourth-order valence-corrected chi connectivity index (χ4v) is 2.30. The van der Waals surface area contributed by atoms with Crippen LogP contribution in [0.4, 0.5) is 0 Å².